The fraction of sp³-hybridized carbons (Fsp3) is 0.429. The number of nitrogens with zero attached hydrogens (tertiary/aromatic N) is 2. The third-order valence-electron chi connectivity index (χ3n) is 2.77. The van der Waals surface area contributed by atoms with E-state index in [0.29, 0.717) is 34.3 Å². The average Bonchev–Trinajstić information content (AvgIpc) is 2.86. The smallest absolute Gasteiger partial charge is 0.248 e. The molecule has 1 heterocycles. The molecule has 2 aromatic rings. The molecule has 0 atom stereocenters. The molecule has 1 N–H and O–H groups in total. The van der Waals surface area contributed by atoms with E-state index in [1.54, 1.807) is 12.1 Å². The van der Waals surface area contributed by atoms with Gasteiger partial charge in [0.05, 0.1) is 10.0 Å². The molecule has 0 spiro atoms. The Kier molecular flexibility index (Phi) is 5.25. The van der Waals surface area contributed by atoms with Crippen LogP contribution in [0.5, 0.6) is 0 Å². The van der Waals surface area contributed by atoms with E-state index in [4.69, 9.17) is 4.42 Å². The molecule has 108 valence electrons. The van der Waals surface area contributed by atoms with Gasteiger partial charge in [-0.1, -0.05) is 19.9 Å². The fourth-order valence-electron chi connectivity index (χ4n) is 1.76. The van der Waals surface area contributed by atoms with Crippen molar-refractivity contribution in [3.8, 4) is 11.5 Å². The minimum Gasteiger partial charge on any atom is -0.421 e. The summed E-state index contributed by atoms with van der Waals surface area (Å²) in [6.07, 6.45) is 1.63. The second-order valence-corrected chi connectivity index (χ2v) is 5.61. The minimum absolute atomic E-state index is 0.336. The summed E-state index contributed by atoms with van der Waals surface area (Å²) in [5.74, 6) is 0.563. The first-order valence-corrected chi connectivity index (χ1v) is 7.37. The summed E-state index contributed by atoms with van der Waals surface area (Å²) < 4.78 is 19.4. The maximum atomic E-state index is 13.5. The lowest BCUT2D eigenvalue weighted by molar-refractivity contribution is 0.483. The Morgan fingerprint density at radius 3 is 2.90 bits per heavy atom. The van der Waals surface area contributed by atoms with E-state index in [2.05, 4.69) is 45.3 Å². The Labute approximate surface area is 125 Å². The number of aryl methyl sites for hydroxylation is 1. The van der Waals surface area contributed by atoms with E-state index < -0.39 is 0 Å². The van der Waals surface area contributed by atoms with Crippen LogP contribution in [0.25, 0.3) is 11.5 Å². The SMILES string of the molecule is CC(C)NCCCc1nnc(-c2cccc(F)c2Br)o1. The van der Waals surface area contributed by atoms with Gasteiger partial charge in [-0.3, -0.25) is 0 Å². The molecule has 0 aliphatic carbocycles. The van der Waals surface area contributed by atoms with Gasteiger partial charge in [0.1, 0.15) is 5.82 Å². The molecule has 20 heavy (non-hydrogen) atoms. The van der Waals surface area contributed by atoms with Crippen molar-refractivity contribution in [3.63, 3.8) is 0 Å². The lowest BCUT2D eigenvalue weighted by Crippen LogP contribution is -2.23. The quantitative estimate of drug-likeness (QED) is 0.816. The molecule has 4 nitrogen and oxygen atoms in total. The predicted octanol–water partition coefficient (Wildman–Crippen LogP) is 3.57. The van der Waals surface area contributed by atoms with Crippen molar-refractivity contribution < 1.29 is 8.81 Å². The molecule has 0 saturated heterocycles. The standard InChI is InChI=1S/C14H17BrFN3O/c1-9(2)17-8-4-7-12-18-19-14(20-12)10-5-3-6-11(16)13(10)15/h3,5-6,9,17H,4,7-8H2,1-2H3. The molecule has 0 saturated carbocycles. The van der Waals surface area contributed by atoms with Gasteiger partial charge in [0.15, 0.2) is 0 Å². The van der Waals surface area contributed by atoms with Crippen molar-refractivity contribution in [2.75, 3.05) is 6.54 Å². The van der Waals surface area contributed by atoms with Crippen LogP contribution in [0.1, 0.15) is 26.2 Å². The highest BCUT2D eigenvalue weighted by atomic mass is 79.9. The highest BCUT2D eigenvalue weighted by Crippen LogP contribution is 2.29. The summed E-state index contributed by atoms with van der Waals surface area (Å²) in [5, 5.41) is 11.3. The lowest BCUT2D eigenvalue weighted by atomic mass is 10.2. The van der Waals surface area contributed by atoms with E-state index in [0.717, 1.165) is 13.0 Å². The van der Waals surface area contributed by atoms with Gasteiger partial charge in [0.2, 0.25) is 11.8 Å². The number of benzene rings is 1. The summed E-state index contributed by atoms with van der Waals surface area (Å²) in [7, 11) is 0. The molecule has 0 fully saturated rings. The molecule has 0 radical (unpaired) electrons. The minimum atomic E-state index is -0.344. The zero-order chi connectivity index (χ0) is 14.5. The molecule has 6 heteroatoms. The van der Waals surface area contributed by atoms with Crippen LogP contribution in [0, 0.1) is 5.82 Å². The number of hydrogen-bond acceptors (Lipinski definition) is 4. The summed E-state index contributed by atoms with van der Waals surface area (Å²) in [5.41, 5.74) is 0.573. The van der Waals surface area contributed by atoms with Crippen LogP contribution < -0.4 is 5.32 Å². The molecular formula is C14H17BrFN3O. The molecule has 1 aromatic carbocycles. The van der Waals surface area contributed by atoms with Gasteiger partial charge in [0.25, 0.3) is 0 Å². The first-order chi connectivity index (χ1) is 9.58. The van der Waals surface area contributed by atoms with Gasteiger partial charge in [-0.2, -0.15) is 0 Å². The second kappa shape index (κ2) is 6.95. The van der Waals surface area contributed by atoms with Crippen molar-refractivity contribution >= 4 is 15.9 Å². The van der Waals surface area contributed by atoms with Crippen molar-refractivity contribution in [3.05, 3.63) is 34.4 Å². The monoisotopic (exact) mass is 341 g/mol. The highest BCUT2D eigenvalue weighted by molar-refractivity contribution is 9.10. The summed E-state index contributed by atoms with van der Waals surface area (Å²) in [6.45, 7) is 5.11. The molecule has 0 aliphatic rings. The van der Waals surface area contributed by atoms with Gasteiger partial charge in [-0.15, -0.1) is 10.2 Å². The van der Waals surface area contributed by atoms with E-state index in [-0.39, 0.29) is 5.82 Å². The number of aromatic nitrogens is 2. The summed E-state index contributed by atoms with van der Waals surface area (Å²) in [6, 6.07) is 5.20. The van der Waals surface area contributed by atoms with E-state index >= 15 is 0 Å². The van der Waals surface area contributed by atoms with Crippen LogP contribution in [-0.2, 0) is 6.42 Å². The summed E-state index contributed by atoms with van der Waals surface area (Å²) in [4.78, 5) is 0. The molecule has 2 rings (SSSR count). The Morgan fingerprint density at radius 2 is 2.15 bits per heavy atom. The molecule has 0 unspecified atom stereocenters. The number of halogens is 2. The number of hydrogen-bond donors (Lipinski definition) is 1. The van der Waals surface area contributed by atoms with Gasteiger partial charge in [0, 0.05) is 12.5 Å². The van der Waals surface area contributed by atoms with Crippen LogP contribution in [-0.4, -0.2) is 22.8 Å². The second-order valence-electron chi connectivity index (χ2n) is 4.81. The maximum absolute atomic E-state index is 13.5. The molecule has 1 aromatic heterocycles. The largest absolute Gasteiger partial charge is 0.421 e. The third-order valence-corrected chi connectivity index (χ3v) is 3.57. The lowest BCUT2D eigenvalue weighted by Gasteiger charge is -2.05. The maximum Gasteiger partial charge on any atom is 0.248 e. The predicted molar refractivity (Wildman–Crippen MR) is 78.9 cm³/mol. The summed E-state index contributed by atoms with van der Waals surface area (Å²) >= 11 is 3.19. The van der Waals surface area contributed by atoms with Crippen LogP contribution in [0.3, 0.4) is 0 Å². The van der Waals surface area contributed by atoms with Gasteiger partial charge in [-0.05, 0) is 41.0 Å². The number of rotatable bonds is 6. The van der Waals surface area contributed by atoms with Crippen molar-refractivity contribution in [2.24, 2.45) is 0 Å². The Hall–Kier alpha value is -1.27. The first kappa shape index (κ1) is 15.1. The van der Waals surface area contributed by atoms with Crippen molar-refractivity contribution in [1.82, 2.24) is 15.5 Å². The van der Waals surface area contributed by atoms with E-state index in [1.165, 1.54) is 6.07 Å². The van der Waals surface area contributed by atoms with Crippen LogP contribution >= 0.6 is 15.9 Å². The van der Waals surface area contributed by atoms with Crippen LogP contribution in [0.15, 0.2) is 27.1 Å². The Bertz CT molecular complexity index is 571. The van der Waals surface area contributed by atoms with Gasteiger partial charge >= 0.3 is 0 Å². The molecule has 0 aliphatic heterocycles. The third kappa shape index (κ3) is 3.86. The molecular weight excluding hydrogens is 325 g/mol. The van der Waals surface area contributed by atoms with Crippen LogP contribution in [0.2, 0.25) is 0 Å². The fourth-order valence-corrected chi connectivity index (χ4v) is 2.20. The normalized spacial score (nSPS) is 11.2. The van der Waals surface area contributed by atoms with E-state index in [9.17, 15) is 4.39 Å². The Balaban J connectivity index is 2.00. The molecule has 0 amide bonds. The zero-order valence-corrected chi connectivity index (χ0v) is 13.1. The number of nitrogens with one attached hydrogen (secondary N) is 1. The zero-order valence-electron chi connectivity index (χ0n) is 11.5. The van der Waals surface area contributed by atoms with E-state index in [1.807, 2.05) is 0 Å². The van der Waals surface area contributed by atoms with Gasteiger partial charge in [-0.25, -0.2) is 4.39 Å². The van der Waals surface area contributed by atoms with Crippen molar-refractivity contribution in [2.45, 2.75) is 32.7 Å². The topological polar surface area (TPSA) is 51.0 Å². The first-order valence-electron chi connectivity index (χ1n) is 6.58. The van der Waals surface area contributed by atoms with Crippen LogP contribution in [0.4, 0.5) is 4.39 Å². The highest BCUT2D eigenvalue weighted by Gasteiger charge is 2.13. The van der Waals surface area contributed by atoms with Gasteiger partial charge < -0.3 is 9.73 Å². The average molecular weight is 342 g/mol. The Morgan fingerprint density at radius 1 is 1.35 bits per heavy atom. The van der Waals surface area contributed by atoms with Crippen molar-refractivity contribution in [1.29, 1.82) is 0 Å². The molecule has 0 bridgehead atoms.